The van der Waals surface area contributed by atoms with Crippen molar-refractivity contribution in [1.82, 2.24) is 0 Å². The Labute approximate surface area is 190 Å². The Hall–Kier alpha value is -1.68. The Bertz CT molecular complexity index is 739. The lowest BCUT2D eigenvalue weighted by Gasteiger charge is -2.29. The van der Waals surface area contributed by atoms with Crippen molar-refractivity contribution in [2.75, 3.05) is 13.2 Å². The number of esters is 1. The van der Waals surface area contributed by atoms with E-state index < -0.39 is 17.0 Å². The molecule has 4 heteroatoms. The lowest BCUT2D eigenvalue weighted by atomic mass is 9.83. The number of ketones is 1. The first kappa shape index (κ1) is 27.4. The summed E-state index contributed by atoms with van der Waals surface area (Å²) in [7, 11) is 0. The summed E-state index contributed by atoms with van der Waals surface area (Å²) in [4.78, 5) is 24.9. The van der Waals surface area contributed by atoms with Crippen LogP contribution in [0.25, 0.3) is 0 Å². The zero-order valence-electron chi connectivity index (χ0n) is 21.6. The van der Waals surface area contributed by atoms with E-state index in [1.54, 1.807) is 27.7 Å². The van der Waals surface area contributed by atoms with Crippen molar-refractivity contribution in [2.24, 2.45) is 5.41 Å². The summed E-state index contributed by atoms with van der Waals surface area (Å²) in [6, 6.07) is 4.66. The lowest BCUT2D eigenvalue weighted by molar-refractivity contribution is -0.172. The monoisotopic (exact) mass is 432 g/mol. The predicted molar refractivity (Wildman–Crippen MR) is 128 cm³/mol. The van der Waals surface area contributed by atoms with Crippen molar-refractivity contribution in [3.8, 4) is 0 Å². The first-order chi connectivity index (χ1) is 14.1. The number of rotatable bonds is 10. The molecular formula is C27H44O4. The second kappa shape index (κ2) is 10.8. The maximum Gasteiger partial charge on any atom is 0.322 e. The number of hydrogen-bond donors (Lipinski definition) is 0. The predicted octanol–water partition coefficient (Wildman–Crippen LogP) is 6.55. The fourth-order valence-electron chi connectivity index (χ4n) is 3.54. The van der Waals surface area contributed by atoms with E-state index in [2.05, 4.69) is 53.7 Å². The summed E-state index contributed by atoms with van der Waals surface area (Å²) in [5, 5.41) is 0. The quantitative estimate of drug-likeness (QED) is 0.239. The van der Waals surface area contributed by atoms with Crippen molar-refractivity contribution in [1.29, 1.82) is 0 Å². The van der Waals surface area contributed by atoms with Crippen LogP contribution < -0.4 is 0 Å². The summed E-state index contributed by atoms with van der Waals surface area (Å²) < 4.78 is 11.4. The topological polar surface area (TPSA) is 52.6 Å². The summed E-state index contributed by atoms with van der Waals surface area (Å²) in [6.07, 6.45) is 0.752. The third kappa shape index (κ3) is 7.45. The van der Waals surface area contributed by atoms with E-state index in [4.69, 9.17) is 9.47 Å². The maximum absolute atomic E-state index is 12.7. The molecule has 0 fully saturated rings. The summed E-state index contributed by atoms with van der Waals surface area (Å²) in [5.41, 5.74) is 3.48. The molecule has 1 aromatic rings. The zero-order chi connectivity index (χ0) is 24.1. The number of Topliss-reactive ketones (excluding diaryl/α,β-unsaturated/α-hetero) is 1. The molecule has 0 aromatic heterocycles. The molecule has 0 amide bonds. The largest absolute Gasteiger partial charge is 0.459 e. The Morgan fingerprint density at radius 3 is 1.71 bits per heavy atom. The zero-order valence-corrected chi connectivity index (χ0v) is 21.6. The minimum absolute atomic E-state index is 0.0232. The number of carbonyl (C=O) groups is 2. The molecule has 0 bridgehead atoms. The van der Waals surface area contributed by atoms with Gasteiger partial charge in [0.2, 0.25) is 0 Å². The number of ether oxygens (including phenoxy) is 2. The highest BCUT2D eigenvalue weighted by atomic mass is 16.6. The van der Waals surface area contributed by atoms with E-state index in [9.17, 15) is 9.59 Å². The van der Waals surface area contributed by atoms with Gasteiger partial charge in [0.05, 0.1) is 13.2 Å². The van der Waals surface area contributed by atoms with Crippen molar-refractivity contribution in [2.45, 2.75) is 106 Å². The van der Waals surface area contributed by atoms with Crippen LogP contribution in [0.5, 0.6) is 0 Å². The van der Waals surface area contributed by atoms with Crippen molar-refractivity contribution in [3.63, 3.8) is 0 Å². The lowest BCUT2D eigenvalue weighted by Crippen LogP contribution is -2.44. The number of benzene rings is 1. The van der Waals surface area contributed by atoms with Gasteiger partial charge in [-0.05, 0) is 81.0 Å². The third-order valence-electron chi connectivity index (χ3n) is 5.77. The van der Waals surface area contributed by atoms with E-state index in [-0.39, 0.29) is 12.4 Å². The molecule has 1 aromatic carbocycles. The number of carbonyl (C=O) groups excluding carboxylic acids is 2. The van der Waals surface area contributed by atoms with Crippen LogP contribution in [0.3, 0.4) is 0 Å². The first-order valence-electron chi connectivity index (χ1n) is 11.6. The molecule has 31 heavy (non-hydrogen) atoms. The van der Waals surface area contributed by atoms with Gasteiger partial charge >= 0.3 is 5.97 Å². The van der Waals surface area contributed by atoms with Crippen LogP contribution in [0, 0.1) is 5.41 Å². The molecular weight excluding hydrogens is 388 g/mol. The molecule has 0 radical (unpaired) electrons. The minimum atomic E-state index is -1.30. The second-order valence-corrected chi connectivity index (χ2v) is 10.8. The summed E-state index contributed by atoms with van der Waals surface area (Å²) in [5.74, 6) is 0.532. The fraction of sp³-hybridized carbons (Fsp3) is 0.704. The van der Waals surface area contributed by atoms with E-state index in [1.807, 2.05) is 0 Å². The maximum atomic E-state index is 12.7. The van der Waals surface area contributed by atoms with Crippen LogP contribution in [0.15, 0.2) is 12.1 Å². The molecule has 176 valence electrons. The minimum Gasteiger partial charge on any atom is -0.459 e. The van der Waals surface area contributed by atoms with Gasteiger partial charge in [-0.25, -0.2) is 0 Å². The first-order valence-corrected chi connectivity index (χ1v) is 11.6. The highest BCUT2D eigenvalue weighted by Crippen LogP contribution is 2.33. The van der Waals surface area contributed by atoms with Crippen LogP contribution in [-0.4, -0.2) is 30.6 Å². The van der Waals surface area contributed by atoms with Gasteiger partial charge in [0.15, 0.2) is 0 Å². The molecule has 0 N–H and O–H groups in total. The molecule has 0 aliphatic rings. The SMILES string of the molecule is CC(=O)C(C)(COCCc1c(C(C)C)cc(C(C)C)cc1C(C)C)C(=O)OC(C)(C)C. The van der Waals surface area contributed by atoms with Gasteiger partial charge in [-0.1, -0.05) is 53.7 Å². The van der Waals surface area contributed by atoms with Gasteiger partial charge < -0.3 is 9.47 Å². The van der Waals surface area contributed by atoms with Crippen LogP contribution in [-0.2, 0) is 25.5 Å². The molecule has 0 spiro atoms. The van der Waals surface area contributed by atoms with Gasteiger partial charge in [0, 0.05) is 0 Å². The van der Waals surface area contributed by atoms with Gasteiger partial charge in [-0.15, -0.1) is 0 Å². The molecule has 0 saturated carbocycles. The Balaban J connectivity index is 3.05. The van der Waals surface area contributed by atoms with Crippen LogP contribution in [0.1, 0.15) is 116 Å². The van der Waals surface area contributed by atoms with Gasteiger partial charge in [0.1, 0.15) is 16.8 Å². The van der Waals surface area contributed by atoms with Crippen LogP contribution in [0.4, 0.5) is 0 Å². The van der Waals surface area contributed by atoms with Crippen molar-refractivity contribution in [3.05, 3.63) is 34.4 Å². The summed E-state index contributed by atoms with van der Waals surface area (Å²) in [6.45, 7) is 22.3. The number of hydrogen-bond acceptors (Lipinski definition) is 4. The third-order valence-corrected chi connectivity index (χ3v) is 5.77. The normalized spacial score (nSPS) is 14.3. The van der Waals surface area contributed by atoms with Gasteiger partial charge in [-0.2, -0.15) is 0 Å². The van der Waals surface area contributed by atoms with Crippen molar-refractivity contribution >= 4 is 11.8 Å². The van der Waals surface area contributed by atoms with Gasteiger partial charge in [-0.3, -0.25) is 9.59 Å². The molecule has 0 heterocycles. The average Bonchev–Trinajstić information content (AvgIpc) is 2.62. The van der Waals surface area contributed by atoms with E-state index >= 15 is 0 Å². The molecule has 0 saturated heterocycles. The average molecular weight is 433 g/mol. The highest BCUT2D eigenvalue weighted by molar-refractivity contribution is 6.02. The molecule has 4 nitrogen and oxygen atoms in total. The van der Waals surface area contributed by atoms with Crippen molar-refractivity contribution < 1.29 is 19.1 Å². The molecule has 0 aliphatic carbocycles. The molecule has 1 unspecified atom stereocenters. The summed E-state index contributed by atoms with van der Waals surface area (Å²) >= 11 is 0. The molecule has 1 rings (SSSR count). The molecule has 0 aliphatic heterocycles. The smallest absolute Gasteiger partial charge is 0.322 e. The van der Waals surface area contributed by atoms with E-state index in [0.717, 1.165) is 6.42 Å². The van der Waals surface area contributed by atoms with Gasteiger partial charge in [0.25, 0.3) is 0 Å². The highest BCUT2D eigenvalue weighted by Gasteiger charge is 2.42. The second-order valence-electron chi connectivity index (χ2n) is 10.8. The van der Waals surface area contributed by atoms with E-state index in [1.165, 1.54) is 29.2 Å². The van der Waals surface area contributed by atoms with Crippen LogP contribution >= 0.6 is 0 Å². The molecule has 1 atom stereocenters. The van der Waals surface area contributed by atoms with Crippen LogP contribution in [0.2, 0.25) is 0 Å². The van der Waals surface area contributed by atoms with E-state index in [0.29, 0.717) is 24.4 Å². The Morgan fingerprint density at radius 2 is 1.35 bits per heavy atom. The fourth-order valence-corrected chi connectivity index (χ4v) is 3.54. The Kier molecular flexibility index (Phi) is 9.50. The standard InChI is InChI=1S/C27H44O4/c1-17(2)21-14-23(18(3)4)22(24(15-21)19(5)6)12-13-30-16-27(11,20(7)28)25(29)31-26(8,9)10/h14-15,17-19H,12-13,16H2,1-11H3. The Morgan fingerprint density at radius 1 is 0.871 bits per heavy atom.